The van der Waals surface area contributed by atoms with Crippen LogP contribution in [0.4, 0.5) is 4.79 Å². The third kappa shape index (κ3) is 4.28. The number of carbonyl (C=O) groups excluding carboxylic acids is 2. The van der Waals surface area contributed by atoms with Crippen LogP contribution >= 0.6 is 11.8 Å². The predicted molar refractivity (Wildman–Crippen MR) is 116 cm³/mol. The molecule has 11 heteroatoms. The number of nitrogens with one attached hydrogen (secondary N) is 1. The molecule has 0 saturated carbocycles. The van der Waals surface area contributed by atoms with Gasteiger partial charge in [-0.3, -0.25) is 23.5 Å². The number of aryl methyl sites for hydroxylation is 1. The van der Waals surface area contributed by atoms with E-state index in [0.717, 1.165) is 5.52 Å². The Balaban J connectivity index is 1.57. The average Bonchev–Trinajstić information content (AvgIpc) is 3.34. The first-order valence-corrected chi connectivity index (χ1v) is 11.3. The molecule has 1 N–H and O–H groups in total. The maximum Gasteiger partial charge on any atom is 0.324 e. The largest absolute Gasteiger partial charge is 0.382 e. The fourth-order valence-electron chi connectivity index (χ4n) is 3.57. The molecule has 3 amide bonds. The van der Waals surface area contributed by atoms with Gasteiger partial charge in [0.2, 0.25) is 11.7 Å². The Hall–Kier alpha value is -2.92. The summed E-state index contributed by atoms with van der Waals surface area (Å²) in [6.45, 7) is 4.06. The number of para-hydroxylation sites is 1. The van der Waals surface area contributed by atoms with Crippen LogP contribution in [0.2, 0.25) is 0 Å². The zero-order valence-electron chi connectivity index (χ0n) is 17.2. The molecule has 3 aromatic rings. The summed E-state index contributed by atoms with van der Waals surface area (Å²) in [7, 11) is 0. The number of carbonyl (C=O) groups is 2. The van der Waals surface area contributed by atoms with Crippen LogP contribution < -0.4 is 10.9 Å². The third-order valence-electron chi connectivity index (χ3n) is 5.05. The highest BCUT2D eigenvalue weighted by atomic mass is 32.2. The van der Waals surface area contributed by atoms with Crippen molar-refractivity contribution in [2.45, 2.75) is 31.5 Å². The van der Waals surface area contributed by atoms with Crippen LogP contribution in [0.3, 0.4) is 0 Å². The number of benzene rings is 1. The number of urea groups is 1. The Kier molecular flexibility index (Phi) is 6.52. The minimum atomic E-state index is -0.343. The minimum absolute atomic E-state index is 0.0631. The maximum absolute atomic E-state index is 13.0. The third-order valence-corrected chi connectivity index (χ3v) is 6.06. The van der Waals surface area contributed by atoms with Gasteiger partial charge < -0.3 is 10.1 Å². The number of aromatic nitrogens is 4. The Morgan fingerprint density at radius 1 is 1.13 bits per heavy atom. The summed E-state index contributed by atoms with van der Waals surface area (Å²) < 4.78 is 8.95. The van der Waals surface area contributed by atoms with Crippen molar-refractivity contribution in [3.8, 4) is 0 Å². The van der Waals surface area contributed by atoms with Crippen molar-refractivity contribution in [1.29, 1.82) is 0 Å². The smallest absolute Gasteiger partial charge is 0.324 e. The van der Waals surface area contributed by atoms with Gasteiger partial charge in [-0.1, -0.05) is 23.9 Å². The molecule has 3 heterocycles. The molecule has 0 bridgehead atoms. The molecule has 164 valence electrons. The van der Waals surface area contributed by atoms with Gasteiger partial charge in [0, 0.05) is 32.1 Å². The van der Waals surface area contributed by atoms with Crippen molar-refractivity contribution >= 4 is 40.4 Å². The van der Waals surface area contributed by atoms with E-state index in [2.05, 4.69) is 15.5 Å². The lowest BCUT2D eigenvalue weighted by molar-refractivity contribution is -0.124. The van der Waals surface area contributed by atoms with Gasteiger partial charge in [-0.2, -0.15) is 0 Å². The molecule has 2 aromatic heterocycles. The van der Waals surface area contributed by atoms with Crippen LogP contribution in [0.15, 0.2) is 34.2 Å². The molecule has 4 rings (SSSR count). The van der Waals surface area contributed by atoms with Gasteiger partial charge in [0.25, 0.3) is 5.56 Å². The number of rotatable bonds is 10. The van der Waals surface area contributed by atoms with E-state index in [0.29, 0.717) is 61.2 Å². The molecule has 10 nitrogen and oxygen atoms in total. The van der Waals surface area contributed by atoms with Crippen molar-refractivity contribution in [3.05, 3.63) is 34.6 Å². The Labute approximate surface area is 182 Å². The zero-order chi connectivity index (χ0) is 21.8. The lowest BCUT2D eigenvalue weighted by atomic mass is 10.2. The number of fused-ring (bicyclic) bond motifs is 3. The van der Waals surface area contributed by atoms with Gasteiger partial charge in [0.05, 0.1) is 17.4 Å². The highest BCUT2D eigenvalue weighted by Crippen LogP contribution is 2.22. The minimum Gasteiger partial charge on any atom is -0.382 e. The van der Waals surface area contributed by atoms with Crippen LogP contribution in [0, 0.1) is 0 Å². The van der Waals surface area contributed by atoms with Crippen LogP contribution in [0.5, 0.6) is 0 Å². The van der Waals surface area contributed by atoms with E-state index in [9.17, 15) is 14.4 Å². The summed E-state index contributed by atoms with van der Waals surface area (Å²) in [6, 6.07) is 7.07. The van der Waals surface area contributed by atoms with Gasteiger partial charge >= 0.3 is 6.03 Å². The molecule has 31 heavy (non-hydrogen) atoms. The molecule has 0 aliphatic carbocycles. The second kappa shape index (κ2) is 9.48. The lowest BCUT2D eigenvalue weighted by Crippen LogP contribution is -2.32. The first kappa shape index (κ1) is 21.3. The molecule has 1 aliphatic heterocycles. The van der Waals surface area contributed by atoms with Gasteiger partial charge in [-0.15, -0.1) is 10.2 Å². The van der Waals surface area contributed by atoms with E-state index in [1.54, 1.807) is 4.57 Å². The Bertz CT molecular complexity index is 1160. The summed E-state index contributed by atoms with van der Waals surface area (Å²) in [5.74, 6) is 0.942. The number of ether oxygens (including phenoxy) is 1. The number of hydrogen-bond donors (Lipinski definition) is 1. The van der Waals surface area contributed by atoms with Crippen LogP contribution in [-0.4, -0.2) is 68.1 Å². The topological polar surface area (TPSA) is 111 Å². The molecule has 1 aliphatic rings. The molecule has 1 saturated heterocycles. The van der Waals surface area contributed by atoms with Gasteiger partial charge in [-0.05, 0) is 31.9 Å². The number of amides is 3. The number of hydrogen-bond acceptors (Lipinski definition) is 7. The fourth-order valence-corrected chi connectivity index (χ4v) is 4.43. The van der Waals surface area contributed by atoms with Crippen molar-refractivity contribution in [3.63, 3.8) is 0 Å². The van der Waals surface area contributed by atoms with E-state index in [-0.39, 0.29) is 24.0 Å². The van der Waals surface area contributed by atoms with E-state index < -0.39 is 0 Å². The summed E-state index contributed by atoms with van der Waals surface area (Å²) in [6.07, 6.45) is 1.33. The lowest BCUT2D eigenvalue weighted by Gasteiger charge is -2.12. The van der Waals surface area contributed by atoms with E-state index in [1.165, 1.54) is 16.7 Å². The standard InChI is InChI=1S/C20H24N6O4S/c1-2-30-11-5-9-25-17(28)14-7-3-4-8-15(14)26-18(25)22-23-20(26)31-12-6-10-24-16(27)13-21-19(24)29/h3-4,7-8H,2,5-6,9-13H2,1H3,(H,21,29). The second-order valence-corrected chi connectivity index (χ2v) is 8.11. The second-order valence-electron chi connectivity index (χ2n) is 7.05. The molecule has 1 fully saturated rings. The number of nitrogens with zero attached hydrogens (tertiary/aromatic N) is 5. The van der Waals surface area contributed by atoms with Crippen LogP contribution in [0.1, 0.15) is 19.8 Å². The molecule has 0 unspecified atom stereocenters. The quantitative estimate of drug-likeness (QED) is 0.287. The first-order valence-electron chi connectivity index (χ1n) is 10.3. The Morgan fingerprint density at radius 2 is 1.97 bits per heavy atom. The summed E-state index contributed by atoms with van der Waals surface area (Å²) in [5, 5.41) is 12.4. The number of thioether (sulfide) groups is 1. The Morgan fingerprint density at radius 3 is 2.74 bits per heavy atom. The molecular weight excluding hydrogens is 420 g/mol. The van der Waals surface area contributed by atoms with E-state index >= 15 is 0 Å². The maximum atomic E-state index is 13.0. The summed E-state index contributed by atoms with van der Waals surface area (Å²) in [5.41, 5.74) is 0.660. The van der Waals surface area contributed by atoms with Crippen molar-refractivity contribution < 1.29 is 14.3 Å². The molecular formula is C20H24N6O4S. The zero-order valence-corrected chi connectivity index (χ0v) is 18.1. The van der Waals surface area contributed by atoms with Crippen molar-refractivity contribution in [1.82, 2.24) is 29.4 Å². The number of imide groups is 1. The predicted octanol–water partition coefficient (Wildman–Crippen LogP) is 1.50. The monoisotopic (exact) mass is 444 g/mol. The SMILES string of the molecule is CCOCCCn1c(=O)c2ccccc2n2c(SCCCN3C(=O)CNC3=O)nnc12. The highest BCUT2D eigenvalue weighted by Gasteiger charge is 2.27. The normalized spacial score (nSPS) is 14.2. The first-order chi connectivity index (χ1) is 15.1. The van der Waals surface area contributed by atoms with E-state index in [4.69, 9.17) is 4.74 Å². The molecule has 0 spiro atoms. The van der Waals surface area contributed by atoms with Crippen LogP contribution in [-0.2, 0) is 16.1 Å². The van der Waals surface area contributed by atoms with Crippen molar-refractivity contribution in [2.24, 2.45) is 0 Å². The fraction of sp³-hybridized carbons (Fsp3) is 0.450. The van der Waals surface area contributed by atoms with Crippen LogP contribution in [0.25, 0.3) is 16.7 Å². The van der Waals surface area contributed by atoms with Gasteiger partial charge in [0.1, 0.15) is 0 Å². The molecule has 1 aromatic carbocycles. The molecule has 0 radical (unpaired) electrons. The summed E-state index contributed by atoms with van der Waals surface area (Å²) in [4.78, 5) is 37.6. The van der Waals surface area contributed by atoms with E-state index in [1.807, 2.05) is 35.6 Å². The van der Waals surface area contributed by atoms with Gasteiger partial charge in [-0.25, -0.2) is 4.79 Å². The van der Waals surface area contributed by atoms with Gasteiger partial charge in [0.15, 0.2) is 5.16 Å². The summed E-state index contributed by atoms with van der Waals surface area (Å²) >= 11 is 1.48. The molecule has 0 atom stereocenters. The highest BCUT2D eigenvalue weighted by molar-refractivity contribution is 7.99. The van der Waals surface area contributed by atoms with Crippen molar-refractivity contribution in [2.75, 3.05) is 32.1 Å². The average molecular weight is 445 g/mol.